The molecule has 0 bridgehead atoms. The highest BCUT2D eigenvalue weighted by atomic mass is 35.5. The van der Waals surface area contributed by atoms with E-state index >= 15 is 0 Å². The molecule has 0 unspecified atom stereocenters. The van der Waals surface area contributed by atoms with Crippen LogP contribution in [-0.2, 0) is 19.1 Å². The van der Waals surface area contributed by atoms with Crippen molar-refractivity contribution in [3.05, 3.63) is 29.0 Å². The first-order valence-corrected chi connectivity index (χ1v) is 9.62. The molecule has 4 amide bonds. The van der Waals surface area contributed by atoms with Gasteiger partial charge in [-0.1, -0.05) is 11.6 Å². The van der Waals surface area contributed by atoms with Crippen LogP contribution in [0.2, 0.25) is 5.02 Å². The number of hydrogen-bond donors (Lipinski definition) is 3. The van der Waals surface area contributed by atoms with Gasteiger partial charge in [0.2, 0.25) is 6.41 Å². The van der Waals surface area contributed by atoms with E-state index in [1.165, 1.54) is 17.0 Å². The van der Waals surface area contributed by atoms with Gasteiger partial charge in [-0.05, 0) is 45.4 Å². The van der Waals surface area contributed by atoms with Crippen molar-refractivity contribution >= 4 is 41.6 Å². The predicted octanol–water partition coefficient (Wildman–Crippen LogP) is 1.66. The molecule has 2 rings (SSSR count). The lowest BCUT2D eigenvalue weighted by Crippen LogP contribution is -2.61. The van der Waals surface area contributed by atoms with E-state index in [-0.39, 0.29) is 17.3 Å². The van der Waals surface area contributed by atoms with Crippen molar-refractivity contribution in [3.8, 4) is 0 Å². The number of alkyl carbamates (subject to hydrolysis) is 1. The standard InChI is InChI=1S/C19H24ClFN4O5/c1-19(2,3)30-18(29)24-15-9-25(10-26)7-6-14(15)23-17(28)16(27)22-11-4-5-12(20)13(21)8-11/h4-5,8,10,14-15H,6-7,9H2,1-3H3,(H,22,27)(H,23,28)(H,24,29)/t14-,15+/m0/s1. The van der Waals surface area contributed by atoms with Crippen molar-refractivity contribution in [1.29, 1.82) is 0 Å². The van der Waals surface area contributed by atoms with Gasteiger partial charge in [0, 0.05) is 18.8 Å². The second-order valence-corrected chi connectivity index (χ2v) is 8.21. The van der Waals surface area contributed by atoms with Crippen LogP contribution in [0.5, 0.6) is 0 Å². The van der Waals surface area contributed by atoms with Gasteiger partial charge in [-0.15, -0.1) is 0 Å². The van der Waals surface area contributed by atoms with Crippen LogP contribution in [0.25, 0.3) is 0 Å². The topological polar surface area (TPSA) is 117 Å². The SMILES string of the molecule is CC(C)(C)OC(=O)N[C@@H]1CN(C=O)CC[C@@H]1NC(=O)C(=O)Nc1ccc(Cl)c(F)c1. The fourth-order valence-corrected chi connectivity index (χ4v) is 2.96. The van der Waals surface area contributed by atoms with Gasteiger partial charge in [0.25, 0.3) is 0 Å². The van der Waals surface area contributed by atoms with Crippen LogP contribution in [0.1, 0.15) is 27.2 Å². The van der Waals surface area contributed by atoms with Crippen molar-refractivity contribution in [2.45, 2.75) is 44.9 Å². The largest absolute Gasteiger partial charge is 0.444 e. The molecule has 0 radical (unpaired) electrons. The highest BCUT2D eigenvalue weighted by molar-refractivity contribution is 6.39. The Bertz CT molecular complexity index is 830. The van der Waals surface area contributed by atoms with Crippen molar-refractivity contribution in [2.24, 2.45) is 0 Å². The van der Waals surface area contributed by atoms with Gasteiger partial charge in [-0.3, -0.25) is 14.4 Å². The number of nitrogens with one attached hydrogen (secondary N) is 3. The van der Waals surface area contributed by atoms with Crippen LogP contribution in [0.15, 0.2) is 18.2 Å². The average Bonchev–Trinajstić information content (AvgIpc) is 2.64. The second kappa shape index (κ2) is 9.75. The summed E-state index contributed by atoms with van der Waals surface area (Å²) in [5.41, 5.74) is -0.661. The van der Waals surface area contributed by atoms with E-state index in [2.05, 4.69) is 16.0 Å². The number of ether oxygens (including phenoxy) is 1. The zero-order valence-electron chi connectivity index (χ0n) is 16.8. The van der Waals surface area contributed by atoms with E-state index in [1.54, 1.807) is 20.8 Å². The Morgan fingerprint density at radius 1 is 1.20 bits per heavy atom. The second-order valence-electron chi connectivity index (χ2n) is 7.80. The Labute approximate surface area is 178 Å². The molecule has 0 saturated carbocycles. The maximum atomic E-state index is 13.5. The Morgan fingerprint density at radius 2 is 1.90 bits per heavy atom. The fourth-order valence-electron chi connectivity index (χ4n) is 2.85. The maximum Gasteiger partial charge on any atom is 0.408 e. The van der Waals surface area contributed by atoms with Crippen LogP contribution >= 0.6 is 11.6 Å². The number of likely N-dealkylation sites (tertiary alicyclic amines) is 1. The number of carbonyl (C=O) groups excluding carboxylic acids is 4. The van der Waals surface area contributed by atoms with Gasteiger partial charge in [0.05, 0.1) is 17.1 Å². The van der Waals surface area contributed by atoms with Crippen LogP contribution in [0.3, 0.4) is 0 Å². The number of amides is 4. The van der Waals surface area contributed by atoms with E-state index in [0.29, 0.717) is 19.4 Å². The van der Waals surface area contributed by atoms with Gasteiger partial charge in [0.15, 0.2) is 0 Å². The summed E-state index contributed by atoms with van der Waals surface area (Å²) in [7, 11) is 0. The van der Waals surface area contributed by atoms with Crippen LogP contribution in [0.4, 0.5) is 14.9 Å². The molecular weight excluding hydrogens is 419 g/mol. The summed E-state index contributed by atoms with van der Waals surface area (Å²) in [5.74, 6) is -2.71. The van der Waals surface area contributed by atoms with E-state index in [1.807, 2.05) is 0 Å². The number of carbonyl (C=O) groups is 4. The molecule has 1 aromatic carbocycles. The third kappa shape index (κ3) is 6.87. The molecule has 1 saturated heterocycles. The van der Waals surface area contributed by atoms with Gasteiger partial charge in [0.1, 0.15) is 11.4 Å². The summed E-state index contributed by atoms with van der Waals surface area (Å²) in [4.78, 5) is 49.1. The Hall–Kier alpha value is -2.88. The number of benzene rings is 1. The van der Waals surface area contributed by atoms with E-state index in [9.17, 15) is 23.6 Å². The van der Waals surface area contributed by atoms with E-state index in [4.69, 9.17) is 16.3 Å². The molecule has 3 N–H and O–H groups in total. The molecule has 0 spiro atoms. The molecule has 9 nitrogen and oxygen atoms in total. The quantitative estimate of drug-likeness (QED) is 0.484. The molecular formula is C19H24ClFN4O5. The Balaban J connectivity index is 2.02. The first-order chi connectivity index (χ1) is 14.0. The molecule has 1 heterocycles. The molecule has 164 valence electrons. The number of rotatable bonds is 4. The lowest BCUT2D eigenvalue weighted by Gasteiger charge is -2.37. The lowest BCUT2D eigenvalue weighted by molar-refractivity contribution is -0.137. The van der Waals surface area contributed by atoms with Gasteiger partial charge < -0.3 is 25.6 Å². The molecule has 0 aliphatic carbocycles. The minimum Gasteiger partial charge on any atom is -0.444 e. The summed E-state index contributed by atoms with van der Waals surface area (Å²) in [6.07, 6.45) is 0.248. The van der Waals surface area contributed by atoms with Gasteiger partial charge in [-0.25, -0.2) is 9.18 Å². The molecule has 2 atom stereocenters. The molecule has 1 aromatic rings. The van der Waals surface area contributed by atoms with E-state index in [0.717, 1.165) is 6.07 Å². The number of piperidine rings is 1. The summed E-state index contributed by atoms with van der Waals surface area (Å²) in [6, 6.07) is 2.31. The number of anilines is 1. The third-order valence-corrected chi connectivity index (χ3v) is 4.50. The smallest absolute Gasteiger partial charge is 0.408 e. The fraction of sp³-hybridized carbons (Fsp3) is 0.474. The summed E-state index contributed by atoms with van der Waals surface area (Å²) < 4.78 is 18.7. The maximum absolute atomic E-state index is 13.5. The first kappa shape index (κ1) is 23.4. The number of nitrogens with zero attached hydrogens (tertiary/aromatic N) is 1. The Kier molecular flexibility index (Phi) is 7.60. The third-order valence-electron chi connectivity index (χ3n) is 4.20. The monoisotopic (exact) mass is 442 g/mol. The number of halogens is 2. The van der Waals surface area contributed by atoms with Gasteiger partial charge in [-0.2, -0.15) is 0 Å². The van der Waals surface area contributed by atoms with Crippen molar-refractivity contribution in [3.63, 3.8) is 0 Å². The van der Waals surface area contributed by atoms with Crippen LogP contribution in [0, 0.1) is 5.82 Å². The van der Waals surface area contributed by atoms with Crippen LogP contribution in [-0.4, -0.2) is 60.0 Å². The van der Waals surface area contributed by atoms with Crippen molar-refractivity contribution in [1.82, 2.24) is 15.5 Å². The normalized spacial score (nSPS) is 18.9. The van der Waals surface area contributed by atoms with Crippen molar-refractivity contribution in [2.75, 3.05) is 18.4 Å². The summed E-state index contributed by atoms with van der Waals surface area (Å²) in [6.45, 7) is 5.58. The average molecular weight is 443 g/mol. The predicted molar refractivity (Wildman–Crippen MR) is 107 cm³/mol. The summed E-state index contributed by atoms with van der Waals surface area (Å²) >= 11 is 5.59. The zero-order chi connectivity index (χ0) is 22.5. The lowest BCUT2D eigenvalue weighted by atomic mass is 9.99. The number of hydrogen-bond acceptors (Lipinski definition) is 5. The zero-order valence-corrected chi connectivity index (χ0v) is 17.6. The van der Waals surface area contributed by atoms with E-state index < -0.39 is 41.4 Å². The Morgan fingerprint density at radius 3 is 2.50 bits per heavy atom. The van der Waals surface area contributed by atoms with Crippen molar-refractivity contribution < 1.29 is 28.3 Å². The highest BCUT2D eigenvalue weighted by Crippen LogP contribution is 2.18. The molecule has 1 aliphatic rings. The molecule has 30 heavy (non-hydrogen) atoms. The highest BCUT2D eigenvalue weighted by Gasteiger charge is 2.33. The molecule has 11 heteroatoms. The van der Waals surface area contributed by atoms with Gasteiger partial charge >= 0.3 is 17.9 Å². The molecule has 1 aliphatic heterocycles. The minimum absolute atomic E-state index is 0.0660. The molecule has 1 fully saturated rings. The minimum atomic E-state index is -1.01. The first-order valence-electron chi connectivity index (χ1n) is 9.24. The van der Waals surface area contributed by atoms with Crippen LogP contribution < -0.4 is 16.0 Å². The molecule has 0 aromatic heterocycles. The summed E-state index contributed by atoms with van der Waals surface area (Å²) in [5, 5.41) is 7.33.